The van der Waals surface area contributed by atoms with Crippen LogP contribution in [0.25, 0.3) is 0 Å². The molecule has 6 heteroatoms. The van der Waals surface area contributed by atoms with E-state index >= 15 is 0 Å². The highest BCUT2D eigenvalue weighted by Crippen LogP contribution is 2.45. The van der Waals surface area contributed by atoms with Crippen molar-refractivity contribution in [3.63, 3.8) is 0 Å². The number of hydrogen-bond donors (Lipinski definition) is 2. The molecule has 3 aromatic carbocycles. The van der Waals surface area contributed by atoms with Crippen molar-refractivity contribution in [2.24, 2.45) is 0 Å². The van der Waals surface area contributed by atoms with Crippen LogP contribution in [0.1, 0.15) is 61.4 Å². The van der Waals surface area contributed by atoms with Gasteiger partial charge in [0.2, 0.25) is 11.8 Å². The van der Waals surface area contributed by atoms with Crippen LogP contribution in [0, 0.1) is 0 Å². The molecule has 192 valence electrons. The number of amides is 2. The maximum Gasteiger partial charge on any atom is 0.234 e. The summed E-state index contributed by atoms with van der Waals surface area (Å²) in [6.45, 7) is 2.38. The van der Waals surface area contributed by atoms with Gasteiger partial charge in [0.15, 0.2) is 0 Å². The Kier molecular flexibility index (Phi) is 7.28. The van der Waals surface area contributed by atoms with E-state index in [-0.39, 0.29) is 36.5 Å². The Morgan fingerprint density at radius 3 is 2.24 bits per heavy atom. The molecule has 2 aliphatic heterocycles. The molecule has 6 nitrogen and oxygen atoms in total. The summed E-state index contributed by atoms with van der Waals surface area (Å²) in [7, 11) is 1.66. The average molecular weight is 498 g/mol. The summed E-state index contributed by atoms with van der Waals surface area (Å²) in [4.78, 5) is 28.5. The van der Waals surface area contributed by atoms with Crippen LogP contribution >= 0.6 is 0 Å². The minimum absolute atomic E-state index is 0.0111. The predicted molar refractivity (Wildman–Crippen MR) is 144 cm³/mol. The van der Waals surface area contributed by atoms with Crippen molar-refractivity contribution in [1.29, 1.82) is 0 Å². The molecule has 0 aromatic heterocycles. The molecule has 3 atom stereocenters. The number of carbonyl (C=O) groups excluding carboxylic acids is 2. The van der Waals surface area contributed by atoms with Gasteiger partial charge in [0, 0.05) is 18.5 Å². The minimum atomic E-state index is -0.392. The number of nitrogens with zero attached hydrogens (tertiary/aromatic N) is 1. The third-order valence-corrected chi connectivity index (χ3v) is 7.86. The highest BCUT2D eigenvalue weighted by molar-refractivity contribution is 5.80. The number of ether oxygens (including phenoxy) is 1. The molecule has 0 aliphatic carbocycles. The lowest BCUT2D eigenvalue weighted by Gasteiger charge is -2.35. The number of methoxy groups -OCH3 is 1. The molecule has 0 spiro atoms. The second-order valence-electron chi connectivity index (χ2n) is 10.4. The van der Waals surface area contributed by atoms with Crippen LogP contribution in [0.5, 0.6) is 5.75 Å². The van der Waals surface area contributed by atoms with E-state index in [4.69, 9.17) is 4.74 Å². The van der Waals surface area contributed by atoms with Crippen molar-refractivity contribution >= 4 is 11.8 Å². The average Bonchev–Trinajstić information content (AvgIpc) is 3.08. The lowest BCUT2D eigenvalue weighted by Crippen LogP contribution is -2.54. The van der Waals surface area contributed by atoms with Gasteiger partial charge in [0.25, 0.3) is 0 Å². The molecule has 0 unspecified atom stereocenters. The third-order valence-electron chi connectivity index (χ3n) is 7.86. The molecular weight excluding hydrogens is 462 g/mol. The summed E-state index contributed by atoms with van der Waals surface area (Å²) in [5.41, 5.74) is 2.82. The fourth-order valence-electron chi connectivity index (χ4n) is 6.07. The second-order valence-corrected chi connectivity index (χ2v) is 10.4. The van der Waals surface area contributed by atoms with Crippen molar-refractivity contribution in [1.82, 2.24) is 15.5 Å². The molecule has 2 fully saturated rings. The van der Waals surface area contributed by atoms with Gasteiger partial charge in [-0.05, 0) is 55.0 Å². The number of rotatable bonds is 7. The maximum absolute atomic E-state index is 13.7. The number of fused-ring (bicyclic) bond motifs is 1. The van der Waals surface area contributed by atoms with Crippen molar-refractivity contribution in [3.05, 3.63) is 102 Å². The summed E-state index contributed by atoms with van der Waals surface area (Å²) < 4.78 is 5.36. The van der Waals surface area contributed by atoms with E-state index in [0.29, 0.717) is 6.42 Å². The van der Waals surface area contributed by atoms with Gasteiger partial charge in [-0.15, -0.1) is 0 Å². The van der Waals surface area contributed by atoms with Crippen LogP contribution in [-0.4, -0.2) is 41.9 Å². The molecule has 0 bridgehead atoms. The van der Waals surface area contributed by atoms with Gasteiger partial charge in [0.05, 0.1) is 25.2 Å². The topological polar surface area (TPSA) is 70.7 Å². The van der Waals surface area contributed by atoms with E-state index < -0.39 is 5.54 Å². The molecule has 37 heavy (non-hydrogen) atoms. The van der Waals surface area contributed by atoms with Crippen molar-refractivity contribution in [2.75, 3.05) is 13.7 Å². The van der Waals surface area contributed by atoms with E-state index in [9.17, 15) is 9.59 Å². The minimum Gasteiger partial charge on any atom is -0.497 e. The maximum atomic E-state index is 13.7. The van der Waals surface area contributed by atoms with Gasteiger partial charge in [-0.25, -0.2) is 0 Å². The monoisotopic (exact) mass is 497 g/mol. The first-order valence-electron chi connectivity index (χ1n) is 13.1. The summed E-state index contributed by atoms with van der Waals surface area (Å²) in [5, 5.41) is 6.61. The van der Waals surface area contributed by atoms with E-state index in [2.05, 4.69) is 34.6 Å². The molecule has 2 aliphatic rings. The van der Waals surface area contributed by atoms with E-state index in [1.54, 1.807) is 7.11 Å². The van der Waals surface area contributed by atoms with Crippen LogP contribution < -0.4 is 15.4 Å². The van der Waals surface area contributed by atoms with Gasteiger partial charge in [0.1, 0.15) is 5.75 Å². The van der Waals surface area contributed by atoms with Crippen LogP contribution in [-0.2, 0) is 9.59 Å². The molecule has 2 heterocycles. The third kappa shape index (κ3) is 5.39. The number of benzene rings is 3. The van der Waals surface area contributed by atoms with Crippen LogP contribution in [0.2, 0.25) is 0 Å². The molecule has 2 N–H and O–H groups in total. The molecular formula is C31H35N3O3. The first-order valence-corrected chi connectivity index (χ1v) is 13.1. The van der Waals surface area contributed by atoms with Crippen LogP contribution in [0.15, 0.2) is 84.9 Å². The lowest BCUT2D eigenvalue weighted by atomic mass is 9.88. The molecule has 2 amide bonds. The largest absolute Gasteiger partial charge is 0.497 e. The Balaban J connectivity index is 1.43. The van der Waals surface area contributed by atoms with Gasteiger partial charge >= 0.3 is 0 Å². The normalized spacial score (nSPS) is 23.7. The van der Waals surface area contributed by atoms with E-state index in [0.717, 1.165) is 41.7 Å². The molecule has 0 saturated carbocycles. The molecule has 3 aromatic rings. The zero-order valence-corrected chi connectivity index (χ0v) is 21.5. The first-order chi connectivity index (χ1) is 18.0. The van der Waals surface area contributed by atoms with Crippen LogP contribution in [0.4, 0.5) is 0 Å². The van der Waals surface area contributed by atoms with E-state index in [1.807, 2.05) is 72.8 Å². The highest BCUT2D eigenvalue weighted by atomic mass is 16.5. The SMILES string of the molecule is COc1ccc([C@@H]2C[C@]3(C)NC(=O)CCC[C@@H]3N2CC(=O)NC(c2ccccc2)c2ccccc2)cc1. The van der Waals surface area contributed by atoms with Crippen molar-refractivity contribution in [2.45, 2.75) is 56.3 Å². The Morgan fingerprint density at radius 1 is 1.03 bits per heavy atom. The van der Waals surface area contributed by atoms with E-state index in [1.165, 1.54) is 0 Å². The number of hydrogen-bond acceptors (Lipinski definition) is 4. The number of likely N-dealkylation sites (tertiary alicyclic amines) is 1. The molecule has 2 saturated heterocycles. The summed E-state index contributed by atoms with van der Waals surface area (Å²) in [5.74, 6) is 0.863. The quantitative estimate of drug-likeness (QED) is 0.493. The summed E-state index contributed by atoms with van der Waals surface area (Å²) in [6.07, 6.45) is 2.97. The first kappa shape index (κ1) is 25.0. The zero-order valence-electron chi connectivity index (χ0n) is 21.5. The smallest absolute Gasteiger partial charge is 0.234 e. The fourth-order valence-corrected chi connectivity index (χ4v) is 6.07. The van der Waals surface area contributed by atoms with Gasteiger partial charge in [-0.2, -0.15) is 0 Å². The Bertz CT molecular complexity index is 1180. The highest BCUT2D eigenvalue weighted by Gasteiger charge is 2.51. The lowest BCUT2D eigenvalue weighted by molar-refractivity contribution is -0.123. The summed E-state index contributed by atoms with van der Waals surface area (Å²) >= 11 is 0. The zero-order chi connectivity index (χ0) is 25.8. The van der Waals surface area contributed by atoms with Gasteiger partial charge in [-0.3, -0.25) is 14.5 Å². The van der Waals surface area contributed by atoms with Crippen molar-refractivity contribution < 1.29 is 14.3 Å². The van der Waals surface area contributed by atoms with Crippen LogP contribution in [0.3, 0.4) is 0 Å². The Labute approximate surface area is 219 Å². The van der Waals surface area contributed by atoms with Gasteiger partial charge < -0.3 is 15.4 Å². The predicted octanol–water partition coefficient (Wildman–Crippen LogP) is 4.78. The number of nitrogens with one attached hydrogen (secondary N) is 2. The Morgan fingerprint density at radius 2 is 1.65 bits per heavy atom. The fraction of sp³-hybridized carbons (Fsp3) is 0.355. The van der Waals surface area contributed by atoms with Gasteiger partial charge in [-0.1, -0.05) is 72.8 Å². The second kappa shape index (κ2) is 10.8. The number of carbonyl (C=O) groups is 2. The van der Waals surface area contributed by atoms with Crippen molar-refractivity contribution in [3.8, 4) is 5.75 Å². The Hall–Kier alpha value is -3.64. The standard InChI is InChI=1S/C31H35N3O3/c1-31-20-26(22-16-18-25(37-2)19-17-22)34(27(31)14-9-15-28(35)33-31)21-29(36)32-30(23-10-5-3-6-11-23)24-12-7-4-8-13-24/h3-8,10-13,16-19,26-27,30H,9,14-15,20-21H2,1-2H3,(H,32,36)(H,33,35)/t26-,27-,31-/m0/s1. The molecule has 0 radical (unpaired) electrons. The summed E-state index contributed by atoms with van der Waals surface area (Å²) in [6, 6.07) is 28.1. The molecule has 5 rings (SSSR count).